The number of ketones is 1. The largest absolute Gasteiger partial charge is 0.507 e. The first-order valence-electron chi connectivity index (χ1n) is 10.5. The van der Waals surface area contributed by atoms with Crippen molar-refractivity contribution in [2.24, 2.45) is 7.05 Å². The van der Waals surface area contributed by atoms with E-state index in [9.17, 15) is 23.9 Å². The van der Waals surface area contributed by atoms with Gasteiger partial charge in [0.2, 0.25) is 0 Å². The summed E-state index contributed by atoms with van der Waals surface area (Å²) >= 11 is 0. The molecule has 1 amide bonds. The van der Waals surface area contributed by atoms with Crippen molar-refractivity contribution in [2.75, 3.05) is 27.2 Å². The minimum Gasteiger partial charge on any atom is -0.507 e. The molecule has 0 bridgehead atoms. The first-order chi connectivity index (χ1) is 15.7. The molecule has 2 aromatic carbocycles. The molecular formula is C24H24FN3O5. The molecule has 8 nitrogen and oxygen atoms in total. The van der Waals surface area contributed by atoms with Crippen LogP contribution in [0.1, 0.15) is 23.6 Å². The van der Waals surface area contributed by atoms with Crippen LogP contribution in [0.15, 0.2) is 57.2 Å². The van der Waals surface area contributed by atoms with E-state index in [1.807, 2.05) is 19.0 Å². The Kier molecular flexibility index (Phi) is 5.90. The smallest absolute Gasteiger partial charge is 0.419 e. The molecule has 1 N–H and O–H groups in total. The molecule has 0 saturated carbocycles. The summed E-state index contributed by atoms with van der Waals surface area (Å²) in [7, 11) is 5.33. The molecule has 1 aromatic heterocycles. The number of likely N-dealkylation sites (tertiary alicyclic amines) is 1. The van der Waals surface area contributed by atoms with Crippen LogP contribution in [0.25, 0.3) is 16.9 Å². The molecule has 172 valence electrons. The predicted molar refractivity (Wildman–Crippen MR) is 120 cm³/mol. The van der Waals surface area contributed by atoms with Crippen molar-refractivity contribution >= 4 is 28.5 Å². The van der Waals surface area contributed by atoms with Crippen molar-refractivity contribution in [3.05, 3.63) is 75.5 Å². The van der Waals surface area contributed by atoms with Gasteiger partial charge < -0.3 is 19.3 Å². The fourth-order valence-electron chi connectivity index (χ4n) is 4.12. The maximum Gasteiger partial charge on any atom is 0.419 e. The maximum atomic E-state index is 14.8. The number of oxazole rings is 1. The average molecular weight is 453 g/mol. The Labute approximate surface area is 189 Å². The number of halogens is 1. The van der Waals surface area contributed by atoms with E-state index in [4.69, 9.17) is 4.42 Å². The van der Waals surface area contributed by atoms with Crippen LogP contribution >= 0.6 is 0 Å². The summed E-state index contributed by atoms with van der Waals surface area (Å²) in [4.78, 5) is 41.0. The van der Waals surface area contributed by atoms with Crippen molar-refractivity contribution < 1.29 is 23.5 Å². The fourth-order valence-corrected chi connectivity index (χ4v) is 4.12. The Morgan fingerprint density at radius 3 is 2.58 bits per heavy atom. The summed E-state index contributed by atoms with van der Waals surface area (Å²) in [6.07, 6.45) is 0.562. The molecule has 2 heterocycles. The van der Waals surface area contributed by atoms with Crippen LogP contribution in [0.3, 0.4) is 0 Å². The standard InChI is InChI=1S/C24H24FN3O5/c1-26(2)11-6-12-28-20(15-7-4-5-8-16(15)25)19(22(30)23(28)31)21(29)14-9-10-17-18(13-14)33-24(32)27(17)3/h4-5,7-10,13,20,29H,6,11-12H2,1-3H3/t20-/m0/s1. The zero-order chi connectivity index (χ0) is 23.9. The van der Waals surface area contributed by atoms with Crippen molar-refractivity contribution in [1.82, 2.24) is 14.4 Å². The van der Waals surface area contributed by atoms with Gasteiger partial charge in [0.1, 0.15) is 11.6 Å². The lowest BCUT2D eigenvalue weighted by Gasteiger charge is -2.26. The highest BCUT2D eigenvalue weighted by molar-refractivity contribution is 6.46. The number of aryl methyl sites for hydroxylation is 1. The van der Waals surface area contributed by atoms with E-state index in [1.54, 1.807) is 19.2 Å². The lowest BCUT2D eigenvalue weighted by molar-refractivity contribution is -0.140. The van der Waals surface area contributed by atoms with Gasteiger partial charge >= 0.3 is 5.76 Å². The number of benzene rings is 2. The second-order valence-corrected chi connectivity index (χ2v) is 8.28. The molecule has 3 aromatic rings. The molecule has 0 unspecified atom stereocenters. The molecule has 1 saturated heterocycles. The molecule has 1 aliphatic heterocycles. The normalized spacial score (nSPS) is 18.1. The topological polar surface area (TPSA) is 96.0 Å². The quantitative estimate of drug-likeness (QED) is 0.350. The number of aromatic nitrogens is 1. The van der Waals surface area contributed by atoms with E-state index in [2.05, 4.69) is 0 Å². The summed E-state index contributed by atoms with van der Waals surface area (Å²) in [6, 6.07) is 9.31. The van der Waals surface area contributed by atoms with Crippen molar-refractivity contribution in [3.8, 4) is 0 Å². The van der Waals surface area contributed by atoms with Crippen LogP contribution in [0, 0.1) is 5.82 Å². The molecule has 0 spiro atoms. The third-order valence-electron chi connectivity index (χ3n) is 5.81. The van der Waals surface area contributed by atoms with E-state index in [-0.39, 0.29) is 28.8 Å². The van der Waals surface area contributed by atoms with Gasteiger partial charge in [0.25, 0.3) is 11.7 Å². The number of nitrogens with zero attached hydrogens (tertiary/aromatic N) is 3. The number of hydrogen-bond acceptors (Lipinski definition) is 6. The number of hydrogen-bond donors (Lipinski definition) is 1. The number of aliphatic hydroxyl groups excluding tert-OH is 1. The molecule has 33 heavy (non-hydrogen) atoms. The lowest BCUT2D eigenvalue weighted by atomic mass is 9.94. The summed E-state index contributed by atoms with van der Waals surface area (Å²) in [5.74, 6) is -3.30. The molecular weight excluding hydrogens is 429 g/mol. The SMILES string of the molecule is CN(C)CCCN1C(=O)C(=O)C(=C(O)c2ccc3c(c2)oc(=O)n3C)[C@@H]1c1ccccc1F. The minimum absolute atomic E-state index is 0.121. The highest BCUT2D eigenvalue weighted by atomic mass is 19.1. The van der Waals surface area contributed by atoms with Crippen molar-refractivity contribution in [1.29, 1.82) is 0 Å². The summed E-state index contributed by atoms with van der Waals surface area (Å²) in [6.45, 7) is 0.877. The Balaban J connectivity index is 1.85. The number of rotatable bonds is 6. The van der Waals surface area contributed by atoms with Gasteiger partial charge in [-0.15, -0.1) is 0 Å². The van der Waals surface area contributed by atoms with Crippen molar-refractivity contribution in [3.63, 3.8) is 0 Å². The first kappa shape index (κ1) is 22.5. The Bertz CT molecular complexity index is 1340. The van der Waals surface area contributed by atoms with Gasteiger partial charge in [0, 0.05) is 24.7 Å². The van der Waals surface area contributed by atoms with Gasteiger partial charge in [-0.1, -0.05) is 18.2 Å². The van der Waals surface area contributed by atoms with Crippen LogP contribution < -0.4 is 5.76 Å². The molecule has 1 fully saturated rings. The fraction of sp³-hybridized carbons (Fsp3) is 0.292. The maximum absolute atomic E-state index is 14.8. The number of fused-ring (bicyclic) bond motifs is 1. The van der Waals surface area contributed by atoms with Gasteiger partial charge in [-0.05, 0) is 51.3 Å². The highest BCUT2D eigenvalue weighted by Gasteiger charge is 2.46. The monoisotopic (exact) mass is 453 g/mol. The van der Waals surface area contributed by atoms with Crippen LogP contribution in [0.2, 0.25) is 0 Å². The van der Waals surface area contributed by atoms with Gasteiger partial charge in [0.15, 0.2) is 5.58 Å². The van der Waals surface area contributed by atoms with E-state index in [0.29, 0.717) is 18.5 Å². The second kappa shape index (κ2) is 8.67. The van der Waals surface area contributed by atoms with Gasteiger partial charge in [-0.25, -0.2) is 9.18 Å². The summed E-state index contributed by atoms with van der Waals surface area (Å²) in [5, 5.41) is 11.1. The van der Waals surface area contributed by atoms with E-state index in [0.717, 1.165) is 0 Å². The van der Waals surface area contributed by atoms with Crippen LogP contribution in [-0.2, 0) is 16.6 Å². The predicted octanol–water partition coefficient (Wildman–Crippen LogP) is 2.64. The van der Waals surface area contributed by atoms with Crippen LogP contribution in [0.5, 0.6) is 0 Å². The van der Waals surface area contributed by atoms with Crippen molar-refractivity contribution in [2.45, 2.75) is 12.5 Å². The molecule has 9 heteroatoms. The number of aliphatic hydroxyl groups is 1. The van der Waals surface area contributed by atoms with Crippen LogP contribution in [-0.4, -0.2) is 58.3 Å². The average Bonchev–Trinajstić information content (AvgIpc) is 3.20. The molecule has 1 aliphatic rings. The Hall–Kier alpha value is -3.72. The molecule has 1 atom stereocenters. The van der Waals surface area contributed by atoms with E-state index < -0.39 is 35.1 Å². The second-order valence-electron chi connectivity index (χ2n) is 8.28. The third kappa shape index (κ3) is 3.95. The summed E-state index contributed by atoms with van der Waals surface area (Å²) < 4.78 is 21.3. The minimum atomic E-state index is -1.08. The molecule has 0 aliphatic carbocycles. The number of carbonyl (C=O) groups excluding carboxylic acids is 2. The Morgan fingerprint density at radius 1 is 1.15 bits per heavy atom. The number of Topliss-reactive ketones (excluding diaryl/α,β-unsaturated/α-hetero) is 1. The van der Waals surface area contributed by atoms with E-state index >= 15 is 0 Å². The van der Waals surface area contributed by atoms with Gasteiger partial charge in [0.05, 0.1) is 17.1 Å². The molecule has 0 radical (unpaired) electrons. The van der Waals surface area contributed by atoms with Crippen LogP contribution in [0.4, 0.5) is 4.39 Å². The zero-order valence-corrected chi connectivity index (χ0v) is 18.5. The lowest BCUT2D eigenvalue weighted by Crippen LogP contribution is -2.32. The Morgan fingerprint density at radius 2 is 1.88 bits per heavy atom. The summed E-state index contributed by atoms with van der Waals surface area (Å²) in [5.41, 5.74) is 0.827. The van der Waals surface area contributed by atoms with Gasteiger partial charge in [-0.3, -0.25) is 14.2 Å². The highest BCUT2D eigenvalue weighted by Crippen LogP contribution is 2.40. The van der Waals surface area contributed by atoms with E-state index in [1.165, 1.54) is 39.8 Å². The molecule has 4 rings (SSSR count). The first-order valence-corrected chi connectivity index (χ1v) is 10.5. The number of amides is 1. The number of carbonyl (C=O) groups is 2. The van der Waals surface area contributed by atoms with Gasteiger partial charge in [-0.2, -0.15) is 0 Å². The zero-order valence-electron chi connectivity index (χ0n) is 18.5. The third-order valence-corrected chi connectivity index (χ3v) is 5.81.